The van der Waals surface area contributed by atoms with Crippen molar-refractivity contribution in [2.24, 2.45) is 0 Å². The lowest BCUT2D eigenvalue weighted by molar-refractivity contribution is 0.0711. The first-order valence-electron chi connectivity index (χ1n) is 7.35. The number of carbonyl (C=O) groups excluding carboxylic acids is 1. The van der Waals surface area contributed by atoms with Crippen LogP contribution in [0.4, 0.5) is 4.39 Å². The number of hydrogen-bond acceptors (Lipinski definition) is 4. The van der Waals surface area contributed by atoms with Crippen molar-refractivity contribution in [1.29, 1.82) is 0 Å². The van der Waals surface area contributed by atoms with Crippen LogP contribution in [0.2, 0.25) is 0 Å². The molecule has 1 aromatic carbocycles. The van der Waals surface area contributed by atoms with E-state index >= 15 is 0 Å². The van der Waals surface area contributed by atoms with Gasteiger partial charge in [-0.2, -0.15) is 0 Å². The van der Waals surface area contributed by atoms with Gasteiger partial charge in [0.25, 0.3) is 5.91 Å². The van der Waals surface area contributed by atoms with Crippen LogP contribution in [0, 0.1) is 5.82 Å². The second kappa shape index (κ2) is 6.27. The Morgan fingerprint density at radius 3 is 2.73 bits per heavy atom. The van der Waals surface area contributed by atoms with E-state index in [1.807, 2.05) is 0 Å². The Morgan fingerprint density at radius 2 is 2.00 bits per heavy atom. The predicted octanol–water partition coefficient (Wildman–Crippen LogP) is 2.51. The van der Waals surface area contributed by atoms with Crippen LogP contribution in [0.25, 0.3) is 11.3 Å². The number of carbonyl (C=O) groups is 1. The molecule has 1 amide bonds. The smallest absolute Gasteiger partial charge is 0.273 e. The minimum absolute atomic E-state index is 0.150. The first-order valence-corrected chi connectivity index (χ1v) is 7.35. The molecule has 3 rings (SSSR count). The monoisotopic (exact) mass is 304 g/mol. The van der Waals surface area contributed by atoms with Gasteiger partial charge in [0, 0.05) is 11.6 Å². The minimum Gasteiger partial charge on any atom is -0.391 e. The van der Waals surface area contributed by atoms with E-state index in [1.54, 1.807) is 12.1 Å². The normalized spacial score (nSPS) is 21.5. The van der Waals surface area contributed by atoms with Crippen molar-refractivity contribution in [2.75, 3.05) is 0 Å². The fourth-order valence-electron chi connectivity index (χ4n) is 2.65. The molecule has 22 heavy (non-hydrogen) atoms. The number of aliphatic hydroxyl groups excluding tert-OH is 1. The average Bonchev–Trinajstić information content (AvgIpc) is 3.00. The number of benzene rings is 1. The lowest BCUT2D eigenvalue weighted by Gasteiger charge is -2.27. The van der Waals surface area contributed by atoms with E-state index in [1.165, 1.54) is 18.2 Å². The average molecular weight is 304 g/mol. The summed E-state index contributed by atoms with van der Waals surface area (Å²) in [6.45, 7) is 0. The largest absolute Gasteiger partial charge is 0.391 e. The van der Waals surface area contributed by atoms with Gasteiger partial charge in [0.1, 0.15) is 5.82 Å². The van der Waals surface area contributed by atoms with Crippen molar-refractivity contribution in [1.82, 2.24) is 10.5 Å². The maximum absolute atomic E-state index is 12.9. The standard InChI is InChI=1S/C16H17FN2O3/c17-11-7-5-10(6-8-11)15-9-13(19-22-15)16(21)18-12-3-1-2-4-14(12)20/h5-9,12,14,20H,1-4H2,(H,18,21). The van der Waals surface area contributed by atoms with Crippen LogP contribution in [0.3, 0.4) is 0 Å². The highest BCUT2D eigenvalue weighted by molar-refractivity contribution is 5.93. The molecule has 1 fully saturated rings. The molecule has 1 aromatic heterocycles. The van der Waals surface area contributed by atoms with Crippen molar-refractivity contribution in [2.45, 2.75) is 37.8 Å². The van der Waals surface area contributed by atoms with Crippen LogP contribution in [-0.2, 0) is 0 Å². The minimum atomic E-state index is -0.513. The summed E-state index contributed by atoms with van der Waals surface area (Å²) < 4.78 is 18.0. The highest BCUT2D eigenvalue weighted by Gasteiger charge is 2.26. The zero-order valence-electron chi connectivity index (χ0n) is 12.0. The van der Waals surface area contributed by atoms with Crippen LogP contribution < -0.4 is 5.32 Å². The second-order valence-electron chi connectivity index (χ2n) is 5.52. The van der Waals surface area contributed by atoms with Gasteiger partial charge in [-0.05, 0) is 37.1 Å². The SMILES string of the molecule is O=C(NC1CCCCC1O)c1cc(-c2ccc(F)cc2)on1. The zero-order valence-corrected chi connectivity index (χ0v) is 12.0. The molecule has 0 saturated heterocycles. The Bertz CT molecular complexity index is 654. The Morgan fingerprint density at radius 1 is 1.27 bits per heavy atom. The molecular weight excluding hydrogens is 287 g/mol. The van der Waals surface area contributed by atoms with Crippen molar-refractivity contribution in [3.05, 3.63) is 41.8 Å². The number of amides is 1. The fourth-order valence-corrected chi connectivity index (χ4v) is 2.65. The molecule has 1 heterocycles. The summed E-state index contributed by atoms with van der Waals surface area (Å²) in [6, 6.07) is 7.02. The van der Waals surface area contributed by atoms with Crippen molar-refractivity contribution in [3.63, 3.8) is 0 Å². The predicted molar refractivity (Wildman–Crippen MR) is 77.6 cm³/mol. The van der Waals surface area contributed by atoms with E-state index < -0.39 is 6.10 Å². The lowest BCUT2D eigenvalue weighted by atomic mass is 9.92. The molecule has 2 atom stereocenters. The molecule has 0 bridgehead atoms. The van der Waals surface area contributed by atoms with Gasteiger partial charge in [-0.15, -0.1) is 0 Å². The Balaban J connectivity index is 1.70. The summed E-state index contributed by atoms with van der Waals surface area (Å²) in [5.74, 6) is -0.315. The third-order valence-corrected chi connectivity index (χ3v) is 3.92. The maximum Gasteiger partial charge on any atom is 0.273 e. The Kier molecular flexibility index (Phi) is 4.20. The molecule has 2 aromatic rings. The first-order chi connectivity index (χ1) is 10.6. The summed E-state index contributed by atoms with van der Waals surface area (Å²) in [5.41, 5.74) is 0.794. The van der Waals surface area contributed by atoms with Gasteiger partial charge in [-0.3, -0.25) is 4.79 Å². The van der Waals surface area contributed by atoms with Crippen LogP contribution in [-0.4, -0.2) is 28.3 Å². The van der Waals surface area contributed by atoms with E-state index in [0.717, 1.165) is 19.3 Å². The molecular formula is C16H17FN2O3. The molecule has 0 radical (unpaired) electrons. The van der Waals surface area contributed by atoms with Gasteiger partial charge in [0.2, 0.25) is 0 Å². The van der Waals surface area contributed by atoms with Crippen LogP contribution >= 0.6 is 0 Å². The molecule has 0 spiro atoms. The molecule has 1 aliphatic rings. The van der Waals surface area contributed by atoms with Gasteiger partial charge in [0.05, 0.1) is 12.1 Å². The number of nitrogens with zero attached hydrogens (tertiary/aromatic N) is 1. The number of aliphatic hydroxyl groups is 1. The van der Waals surface area contributed by atoms with E-state index in [9.17, 15) is 14.3 Å². The van der Waals surface area contributed by atoms with E-state index in [4.69, 9.17) is 4.52 Å². The Labute approximate surface area is 127 Å². The number of aromatic nitrogens is 1. The highest BCUT2D eigenvalue weighted by Crippen LogP contribution is 2.22. The van der Waals surface area contributed by atoms with Gasteiger partial charge >= 0.3 is 0 Å². The zero-order chi connectivity index (χ0) is 15.5. The summed E-state index contributed by atoms with van der Waals surface area (Å²) in [4.78, 5) is 12.2. The summed E-state index contributed by atoms with van der Waals surface area (Å²) >= 11 is 0. The molecule has 6 heteroatoms. The molecule has 2 N–H and O–H groups in total. The van der Waals surface area contributed by atoms with Gasteiger partial charge in [-0.25, -0.2) is 4.39 Å². The lowest BCUT2D eigenvalue weighted by Crippen LogP contribution is -2.45. The van der Waals surface area contributed by atoms with E-state index in [-0.39, 0.29) is 23.5 Å². The van der Waals surface area contributed by atoms with Gasteiger partial charge in [0.15, 0.2) is 11.5 Å². The second-order valence-corrected chi connectivity index (χ2v) is 5.52. The van der Waals surface area contributed by atoms with E-state index in [0.29, 0.717) is 17.7 Å². The van der Waals surface area contributed by atoms with Crippen molar-refractivity contribution in [3.8, 4) is 11.3 Å². The Hall–Kier alpha value is -2.21. The molecule has 116 valence electrons. The van der Waals surface area contributed by atoms with Gasteiger partial charge in [-0.1, -0.05) is 18.0 Å². The topological polar surface area (TPSA) is 75.4 Å². The maximum atomic E-state index is 12.9. The quantitative estimate of drug-likeness (QED) is 0.913. The number of rotatable bonds is 3. The summed E-state index contributed by atoms with van der Waals surface area (Å²) in [5, 5.41) is 16.4. The molecule has 0 aliphatic heterocycles. The number of hydrogen-bond donors (Lipinski definition) is 2. The molecule has 2 unspecified atom stereocenters. The van der Waals surface area contributed by atoms with Crippen LogP contribution in [0.5, 0.6) is 0 Å². The van der Waals surface area contributed by atoms with Crippen LogP contribution in [0.1, 0.15) is 36.2 Å². The third kappa shape index (κ3) is 3.17. The summed E-state index contributed by atoms with van der Waals surface area (Å²) in [7, 11) is 0. The van der Waals surface area contributed by atoms with Crippen molar-refractivity contribution < 1.29 is 18.8 Å². The van der Waals surface area contributed by atoms with Crippen molar-refractivity contribution >= 4 is 5.91 Å². The fraction of sp³-hybridized carbons (Fsp3) is 0.375. The number of halogens is 1. The van der Waals surface area contributed by atoms with Gasteiger partial charge < -0.3 is 14.9 Å². The van der Waals surface area contributed by atoms with Crippen LogP contribution in [0.15, 0.2) is 34.9 Å². The molecule has 1 saturated carbocycles. The summed E-state index contributed by atoms with van der Waals surface area (Å²) in [6.07, 6.45) is 2.91. The van der Waals surface area contributed by atoms with E-state index in [2.05, 4.69) is 10.5 Å². The molecule has 5 nitrogen and oxygen atoms in total. The number of nitrogens with one attached hydrogen (secondary N) is 1. The molecule has 1 aliphatic carbocycles. The third-order valence-electron chi connectivity index (χ3n) is 3.92. The first kappa shape index (κ1) is 14.7. The highest BCUT2D eigenvalue weighted by atomic mass is 19.1.